The summed E-state index contributed by atoms with van der Waals surface area (Å²) in [6.45, 7) is 9.21. The molecule has 5 aliphatic rings. The highest BCUT2D eigenvalue weighted by molar-refractivity contribution is 6.08. The third kappa shape index (κ3) is 3.94. The largest absolute Gasteiger partial charge is 0.370 e. The lowest BCUT2D eigenvalue weighted by atomic mass is 9.48. The van der Waals surface area contributed by atoms with E-state index in [0.29, 0.717) is 23.7 Å². The van der Waals surface area contributed by atoms with Gasteiger partial charge < -0.3 is 15.1 Å². The fraction of sp³-hybridized carbons (Fsp3) is 0.688. The van der Waals surface area contributed by atoms with Gasteiger partial charge in [0, 0.05) is 31.2 Å². The number of nitrogens with one attached hydrogen (secondary N) is 1. The highest BCUT2D eigenvalue weighted by Crippen LogP contribution is 2.66. The van der Waals surface area contributed by atoms with Crippen molar-refractivity contribution in [3.8, 4) is 0 Å². The Morgan fingerprint density at radius 3 is 2.54 bits per heavy atom. The number of likely N-dealkylation sites (tertiary alicyclic amines) is 1. The average molecular weight is 504 g/mol. The fourth-order valence-electron chi connectivity index (χ4n) is 9.66. The van der Waals surface area contributed by atoms with E-state index in [1.165, 1.54) is 62.6 Å². The number of rotatable bonds is 3. The molecule has 0 spiro atoms. The number of hydrogen-bond acceptors (Lipinski definition) is 3. The first-order valence-electron chi connectivity index (χ1n) is 14.9. The number of amides is 2. The summed E-state index contributed by atoms with van der Waals surface area (Å²) in [7, 11) is 1.92. The summed E-state index contributed by atoms with van der Waals surface area (Å²) in [4.78, 5) is 31.8. The van der Waals surface area contributed by atoms with Gasteiger partial charge in [-0.2, -0.15) is 0 Å². The number of allylic oxidation sites excluding steroid dienone is 2. The second-order valence-electron chi connectivity index (χ2n) is 13.4. The molecule has 1 unspecified atom stereocenters. The molecule has 1 aromatic rings. The third-order valence-corrected chi connectivity index (χ3v) is 11.3. The first kappa shape index (κ1) is 25.0. The monoisotopic (exact) mass is 503 g/mol. The lowest BCUT2D eigenvalue weighted by Crippen LogP contribution is -2.57. The van der Waals surface area contributed by atoms with Crippen molar-refractivity contribution in [1.82, 2.24) is 4.90 Å². The van der Waals surface area contributed by atoms with E-state index in [1.54, 1.807) is 0 Å². The number of benzene rings is 1. The van der Waals surface area contributed by atoms with Gasteiger partial charge in [-0.1, -0.05) is 38.0 Å². The van der Waals surface area contributed by atoms with Crippen molar-refractivity contribution in [2.24, 2.45) is 34.5 Å². The van der Waals surface area contributed by atoms with Crippen molar-refractivity contribution in [2.45, 2.75) is 85.0 Å². The molecule has 200 valence electrons. The van der Waals surface area contributed by atoms with Crippen LogP contribution in [0.1, 0.15) is 85.0 Å². The lowest BCUT2D eigenvalue weighted by Gasteiger charge is -2.59. The number of fused-ring (bicyclic) bond motifs is 5. The number of piperidine rings is 2. The van der Waals surface area contributed by atoms with Gasteiger partial charge in [0.2, 0.25) is 11.8 Å². The summed E-state index contributed by atoms with van der Waals surface area (Å²) in [6.07, 6.45) is 12.0. The standard InChI is InChI=1S/C32H45N3O2/c1-21-19-22-24-11-10-15-31(24,2)16-14-25(22)32(3)20-23(30(37)34(4)28(21)32)29(36)33-26-12-6-7-13-27(26)35-17-8-5-9-18-35/h6-7,12-13,22-25H,5,8-11,14-20H2,1-4H3,(H,33,36)/t22-,23?,24-,25+,31-,32+/m0/s1. The molecule has 2 saturated heterocycles. The van der Waals surface area contributed by atoms with Crippen molar-refractivity contribution in [1.29, 1.82) is 0 Å². The van der Waals surface area contributed by atoms with E-state index in [1.807, 2.05) is 30.1 Å². The molecular weight excluding hydrogens is 458 g/mol. The first-order chi connectivity index (χ1) is 17.7. The van der Waals surface area contributed by atoms with Crippen molar-refractivity contribution in [3.63, 3.8) is 0 Å². The zero-order valence-corrected chi connectivity index (χ0v) is 23.3. The van der Waals surface area contributed by atoms with E-state index in [9.17, 15) is 9.59 Å². The maximum absolute atomic E-state index is 13.9. The summed E-state index contributed by atoms with van der Waals surface area (Å²) < 4.78 is 0. The molecule has 6 rings (SSSR count). The van der Waals surface area contributed by atoms with E-state index in [2.05, 4.69) is 37.1 Å². The Labute approximate surface area is 223 Å². The Kier molecular flexibility index (Phi) is 6.19. The van der Waals surface area contributed by atoms with Crippen LogP contribution in [-0.4, -0.2) is 36.9 Å². The smallest absolute Gasteiger partial charge is 0.239 e. The molecule has 2 saturated carbocycles. The molecule has 6 atom stereocenters. The number of anilines is 2. The SMILES string of the molecule is CC1=C2N(C)C(=O)C(C(=O)Nc3ccccc3N3CCCCC3)C[C@]2(C)[C@@H]2CC[C@]3(C)CCC[C@H]3[C@@H]2C1. The van der Waals surface area contributed by atoms with Crippen LogP contribution in [0, 0.1) is 34.5 Å². The highest BCUT2D eigenvalue weighted by Gasteiger charge is 2.60. The van der Waals surface area contributed by atoms with Gasteiger partial charge in [0.05, 0.1) is 11.4 Å². The number of nitrogens with zero attached hydrogens (tertiary/aromatic N) is 2. The van der Waals surface area contributed by atoms with Gasteiger partial charge in [-0.05, 0) is 100 Å². The van der Waals surface area contributed by atoms with Gasteiger partial charge in [-0.25, -0.2) is 0 Å². The van der Waals surface area contributed by atoms with Crippen LogP contribution in [0.3, 0.4) is 0 Å². The zero-order chi connectivity index (χ0) is 25.9. The summed E-state index contributed by atoms with van der Waals surface area (Å²) in [5.74, 6) is 1.19. The van der Waals surface area contributed by atoms with Gasteiger partial charge in [-0.3, -0.25) is 9.59 Å². The van der Waals surface area contributed by atoms with E-state index < -0.39 is 5.92 Å². The van der Waals surface area contributed by atoms with Crippen molar-refractivity contribution < 1.29 is 9.59 Å². The zero-order valence-electron chi connectivity index (χ0n) is 23.3. The second kappa shape index (κ2) is 9.17. The molecule has 5 nitrogen and oxygen atoms in total. The number of carbonyl (C=O) groups excluding carboxylic acids is 2. The summed E-state index contributed by atoms with van der Waals surface area (Å²) in [6, 6.07) is 8.13. The molecule has 2 heterocycles. The van der Waals surface area contributed by atoms with Gasteiger partial charge in [0.15, 0.2) is 0 Å². The molecule has 3 aliphatic carbocycles. The van der Waals surface area contributed by atoms with E-state index >= 15 is 0 Å². The van der Waals surface area contributed by atoms with E-state index in [-0.39, 0.29) is 17.2 Å². The fourth-order valence-corrected chi connectivity index (χ4v) is 9.66. The maximum atomic E-state index is 13.9. The predicted molar refractivity (Wildman–Crippen MR) is 149 cm³/mol. The minimum Gasteiger partial charge on any atom is -0.370 e. The Balaban J connectivity index is 1.29. The Morgan fingerprint density at radius 1 is 1.00 bits per heavy atom. The van der Waals surface area contributed by atoms with Crippen molar-refractivity contribution >= 4 is 23.2 Å². The quantitative estimate of drug-likeness (QED) is 0.472. The molecule has 37 heavy (non-hydrogen) atoms. The minimum atomic E-state index is -0.642. The van der Waals surface area contributed by atoms with Crippen LogP contribution >= 0.6 is 0 Å². The van der Waals surface area contributed by atoms with Gasteiger partial charge in [0.25, 0.3) is 0 Å². The molecule has 0 aromatic heterocycles. The molecule has 1 N–H and O–H groups in total. The Hall–Kier alpha value is -2.30. The Bertz CT molecular complexity index is 1120. The van der Waals surface area contributed by atoms with Crippen molar-refractivity contribution in [2.75, 3.05) is 30.4 Å². The summed E-state index contributed by atoms with van der Waals surface area (Å²) in [5, 5.41) is 3.22. The van der Waals surface area contributed by atoms with Crippen LogP contribution in [0.15, 0.2) is 35.5 Å². The summed E-state index contributed by atoms with van der Waals surface area (Å²) >= 11 is 0. The van der Waals surface area contributed by atoms with E-state index in [0.717, 1.165) is 36.8 Å². The number of hydrogen-bond donors (Lipinski definition) is 1. The second-order valence-corrected chi connectivity index (χ2v) is 13.4. The van der Waals surface area contributed by atoms with Crippen LogP contribution in [0.25, 0.3) is 0 Å². The minimum absolute atomic E-state index is 0.0419. The summed E-state index contributed by atoms with van der Waals surface area (Å²) in [5.41, 5.74) is 4.88. The Morgan fingerprint density at radius 2 is 1.76 bits per heavy atom. The van der Waals surface area contributed by atoms with Crippen LogP contribution in [0.2, 0.25) is 0 Å². The molecule has 2 aliphatic heterocycles. The van der Waals surface area contributed by atoms with Gasteiger partial charge in [0.1, 0.15) is 5.92 Å². The van der Waals surface area contributed by atoms with Crippen LogP contribution in [-0.2, 0) is 9.59 Å². The van der Waals surface area contributed by atoms with Crippen LogP contribution < -0.4 is 10.2 Å². The molecule has 5 heteroatoms. The van der Waals surface area contributed by atoms with E-state index in [4.69, 9.17) is 0 Å². The lowest BCUT2D eigenvalue weighted by molar-refractivity contribution is -0.147. The molecule has 1 aromatic carbocycles. The molecule has 0 radical (unpaired) electrons. The molecule has 4 fully saturated rings. The van der Waals surface area contributed by atoms with Crippen LogP contribution in [0.4, 0.5) is 11.4 Å². The normalized spacial score (nSPS) is 37.7. The van der Waals surface area contributed by atoms with Crippen LogP contribution in [0.5, 0.6) is 0 Å². The third-order valence-electron chi connectivity index (χ3n) is 11.3. The van der Waals surface area contributed by atoms with Gasteiger partial charge in [-0.15, -0.1) is 0 Å². The number of carbonyl (C=O) groups is 2. The maximum Gasteiger partial charge on any atom is 0.239 e. The van der Waals surface area contributed by atoms with Crippen molar-refractivity contribution in [3.05, 3.63) is 35.5 Å². The van der Waals surface area contributed by atoms with Gasteiger partial charge >= 0.3 is 0 Å². The molecule has 0 bridgehead atoms. The molecular formula is C32H45N3O2. The number of para-hydroxylation sites is 2. The highest BCUT2D eigenvalue weighted by atomic mass is 16.2. The first-order valence-corrected chi connectivity index (χ1v) is 14.9. The topological polar surface area (TPSA) is 52.7 Å². The average Bonchev–Trinajstić information content (AvgIpc) is 3.29. The molecule has 2 amide bonds. The predicted octanol–water partition coefficient (Wildman–Crippen LogP) is 6.61.